The molecule has 3 fully saturated rings. The number of rotatable bonds is 4. The van der Waals surface area contributed by atoms with Gasteiger partial charge < -0.3 is 15.5 Å². The topological polar surface area (TPSA) is 79.3 Å². The molecule has 1 aromatic rings. The van der Waals surface area contributed by atoms with Crippen molar-refractivity contribution in [3.8, 4) is 0 Å². The van der Waals surface area contributed by atoms with E-state index in [0.29, 0.717) is 24.9 Å². The van der Waals surface area contributed by atoms with Crippen molar-refractivity contribution in [1.82, 2.24) is 20.4 Å². The second-order valence-corrected chi connectivity index (χ2v) is 7.73. The lowest BCUT2D eigenvalue weighted by molar-refractivity contribution is -0.118. The van der Waals surface area contributed by atoms with Gasteiger partial charge in [0, 0.05) is 25.8 Å². The van der Waals surface area contributed by atoms with Crippen LogP contribution in [0, 0.1) is 11.8 Å². The van der Waals surface area contributed by atoms with E-state index in [1.54, 1.807) is 15.8 Å². The summed E-state index contributed by atoms with van der Waals surface area (Å²) in [5, 5.41) is 10.0. The van der Waals surface area contributed by atoms with E-state index in [9.17, 15) is 9.59 Å². The Hall–Kier alpha value is -2.05. The second kappa shape index (κ2) is 6.69. The van der Waals surface area contributed by atoms with Gasteiger partial charge in [0.1, 0.15) is 6.04 Å². The molecular formula is C18H27N5O2. The molecule has 7 heteroatoms. The first-order chi connectivity index (χ1) is 12.1. The van der Waals surface area contributed by atoms with E-state index < -0.39 is 6.04 Å². The summed E-state index contributed by atoms with van der Waals surface area (Å²) in [5.74, 6) is 1.38. The lowest BCUT2D eigenvalue weighted by atomic mass is 9.85. The van der Waals surface area contributed by atoms with Crippen LogP contribution in [0.5, 0.6) is 0 Å². The molecule has 2 aliphatic carbocycles. The van der Waals surface area contributed by atoms with E-state index in [0.717, 1.165) is 18.0 Å². The van der Waals surface area contributed by atoms with Crippen molar-refractivity contribution in [2.24, 2.45) is 18.9 Å². The van der Waals surface area contributed by atoms with Crippen LogP contribution in [-0.4, -0.2) is 40.3 Å². The maximum atomic E-state index is 12.5. The lowest BCUT2D eigenvalue weighted by Gasteiger charge is -2.21. The van der Waals surface area contributed by atoms with Crippen molar-refractivity contribution in [1.29, 1.82) is 0 Å². The maximum absolute atomic E-state index is 12.5. The minimum absolute atomic E-state index is 0.0530. The minimum Gasteiger partial charge on any atom is -0.335 e. The minimum atomic E-state index is -0.438. The third kappa shape index (κ3) is 3.50. The normalized spacial score (nSPS) is 29.7. The summed E-state index contributed by atoms with van der Waals surface area (Å²) >= 11 is 0. The Balaban J connectivity index is 1.25. The first-order valence-electron chi connectivity index (χ1n) is 9.49. The van der Waals surface area contributed by atoms with Gasteiger partial charge in [-0.2, -0.15) is 5.10 Å². The number of anilines is 1. The number of nitrogens with one attached hydrogen (secondary N) is 2. The van der Waals surface area contributed by atoms with Gasteiger partial charge in [-0.1, -0.05) is 32.1 Å². The van der Waals surface area contributed by atoms with Crippen molar-refractivity contribution in [3.05, 3.63) is 12.4 Å². The van der Waals surface area contributed by atoms with E-state index in [4.69, 9.17) is 0 Å². The van der Waals surface area contributed by atoms with Crippen LogP contribution in [0.2, 0.25) is 0 Å². The largest absolute Gasteiger partial charge is 0.335 e. The number of carbonyl (C=O) groups is 2. The molecule has 1 aromatic heterocycles. The van der Waals surface area contributed by atoms with Crippen LogP contribution in [0.15, 0.2) is 12.4 Å². The molecule has 0 bridgehead atoms. The molecule has 2 heterocycles. The predicted octanol–water partition coefficient (Wildman–Crippen LogP) is 1.79. The fourth-order valence-corrected chi connectivity index (χ4v) is 4.45. The first kappa shape index (κ1) is 16.4. The Kier molecular flexibility index (Phi) is 4.39. The zero-order valence-corrected chi connectivity index (χ0v) is 14.8. The Labute approximate surface area is 148 Å². The quantitative estimate of drug-likeness (QED) is 0.873. The summed E-state index contributed by atoms with van der Waals surface area (Å²) < 4.78 is 1.68. The summed E-state index contributed by atoms with van der Waals surface area (Å²) in [6.45, 7) is 0.615. The highest BCUT2D eigenvalue weighted by atomic mass is 16.2. The van der Waals surface area contributed by atoms with Crippen LogP contribution in [0.1, 0.15) is 44.9 Å². The molecular weight excluding hydrogens is 318 g/mol. The van der Waals surface area contributed by atoms with Gasteiger partial charge >= 0.3 is 6.03 Å². The molecule has 0 aromatic carbocycles. The monoisotopic (exact) mass is 345 g/mol. The zero-order chi connectivity index (χ0) is 17.4. The number of hydrogen-bond donors (Lipinski definition) is 2. The number of amides is 3. The summed E-state index contributed by atoms with van der Waals surface area (Å²) in [6, 6.07) is -0.337. The number of aryl methyl sites for hydroxylation is 1. The van der Waals surface area contributed by atoms with Crippen LogP contribution < -0.4 is 15.5 Å². The standard InChI is InChI=1S/C18H27N5O2/c1-22-11-13(10-19-22)23-8-7-15(17(23)24)20-18(25)21-16-9-14(16)12-5-3-2-4-6-12/h10-12,14-16H,2-9H2,1H3,(H2,20,21,25)/t14-,15+,16-/m1/s1. The Bertz CT molecular complexity index is 652. The highest BCUT2D eigenvalue weighted by Gasteiger charge is 2.44. The molecule has 3 aliphatic rings. The van der Waals surface area contributed by atoms with Crippen molar-refractivity contribution < 1.29 is 9.59 Å². The van der Waals surface area contributed by atoms with Crippen molar-refractivity contribution >= 4 is 17.6 Å². The molecule has 2 N–H and O–H groups in total. The second-order valence-electron chi connectivity index (χ2n) is 7.73. The Morgan fingerprint density at radius 3 is 2.72 bits per heavy atom. The van der Waals surface area contributed by atoms with E-state index in [1.807, 2.05) is 13.2 Å². The smallest absolute Gasteiger partial charge is 0.315 e. The number of carbonyl (C=O) groups excluding carboxylic acids is 2. The first-order valence-corrected chi connectivity index (χ1v) is 9.49. The summed E-state index contributed by atoms with van der Waals surface area (Å²) in [6.07, 6.45) is 11.9. The molecule has 1 aliphatic heterocycles. The lowest BCUT2D eigenvalue weighted by Crippen LogP contribution is -2.47. The number of aromatic nitrogens is 2. The summed E-state index contributed by atoms with van der Waals surface area (Å²) in [4.78, 5) is 26.5. The van der Waals surface area contributed by atoms with Crippen LogP contribution in [-0.2, 0) is 11.8 Å². The van der Waals surface area contributed by atoms with E-state index >= 15 is 0 Å². The van der Waals surface area contributed by atoms with Crippen LogP contribution in [0.25, 0.3) is 0 Å². The predicted molar refractivity (Wildman–Crippen MR) is 94.1 cm³/mol. The molecule has 3 atom stereocenters. The molecule has 2 saturated carbocycles. The average molecular weight is 345 g/mol. The molecule has 1 saturated heterocycles. The molecule has 136 valence electrons. The molecule has 25 heavy (non-hydrogen) atoms. The van der Waals surface area contributed by atoms with Gasteiger partial charge in [0.25, 0.3) is 0 Å². The molecule has 0 spiro atoms. The molecule has 3 amide bonds. The van der Waals surface area contributed by atoms with E-state index in [1.165, 1.54) is 32.1 Å². The number of hydrogen-bond acceptors (Lipinski definition) is 3. The highest BCUT2D eigenvalue weighted by Crippen LogP contribution is 2.44. The number of nitrogens with zero attached hydrogens (tertiary/aromatic N) is 3. The van der Waals surface area contributed by atoms with Crippen LogP contribution in [0.3, 0.4) is 0 Å². The molecule has 0 unspecified atom stereocenters. The number of urea groups is 1. The third-order valence-corrected chi connectivity index (χ3v) is 5.93. The average Bonchev–Trinajstić information content (AvgIpc) is 3.09. The molecule has 4 rings (SSSR count). The Morgan fingerprint density at radius 2 is 2.00 bits per heavy atom. The van der Waals surface area contributed by atoms with Gasteiger partial charge in [-0.05, 0) is 24.7 Å². The van der Waals surface area contributed by atoms with E-state index in [-0.39, 0.29) is 11.9 Å². The zero-order valence-electron chi connectivity index (χ0n) is 14.8. The maximum Gasteiger partial charge on any atom is 0.315 e. The van der Waals surface area contributed by atoms with Gasteiger partial charge in [-0.15, -0.1) is 0 Å². The summed E-state index contributed by atoms with van der Waals surface area (Å²) in [5.41, 5.74) is 0.789. The van der Waals surface area contributed by atoms with Crippen LogP contribution >= 0.6 is 0 Å². The summed E-state index contributed by atoms with van der Waals surface area (Å²) in [7, 11) is 1.82. The van der Waals surface area contributed by atoms with Crippen molar-refractivity contribution in [3.63, 3.8) is 0 Å². The van der Waals surface area contributed by atoms with Crippen LogP contribution in [0.4, 0.5) is 10.5 Å². The fourth-order valence-electron chi connectivity index (χ4n) is 4.45. The highest BCUT2D eigenvalue weighted by molar-refractivity contribution is 6.01. The van der Waals surface area contributed by atoms with Crippen molar-refractivity contribution in [2.75, 3.05) is 11.4 Å². The van der Waals surface area contributed by atoms with Gasteiger partial charge in [0.2, 0.25) is 5.91 Å². The van der Waals surface area contributed by atoms with Gasteiger partial charge in [-0.3, -0.25) is 9.48 Å². The van der Waals surface area contributed by atoms with Crippen molar-refractivity contribution in [2.45, 2.75) is 57.0 Å². The Morgan fingerprint density at radius 1 is 1.20 bits per heavy atom. The molecule has 0 radical (unpaired) electrons. The molecule has 7 nitrogen and oxygen atoms in total. The van der Waals surface area contributed by atoms with E-state index in [2.05, 4.69) is 15.7 Å². The fraction of sp³-hybridized carbons (Fsp3) is 0.722. The van der Waals surface area contributed by atoms with Gasteiger partial charge in [0.05, 0.1) is 11.9 Å². The van der Waals surface area contributed by atoms with Gasteiger partial charge in [0.15, 0.2) is 0 Å². The van der Waals surface area contributed by atoms with Gasteiger partial charge in [-0.25, -0.2) is 4.79 Å². The third-order valence-electron chi connectivity index (χ3n) is 5.93. The SMILES string of the molecule is Cn1cc(N2CC[C@H](NC(=O)N[C@@H]3C[C@@H]3C3CCCCC3)C2=O)cn1.